The fourth-order valence-electron chi connectivity index (χ4n) is 1.66. The number of ketones is 1. The van der Waals surface area contributed by atoms with E-state index in [0.29, 0.717) is 16.7 Å². The van der Waals surface area contributed by atoms with Gasteiger partial charge in [0.25, 0.3) is 0 Å². The second-order valence-corrected chi connectivity index (χ2v) is 4.63. The van der Waals surface area contributed by atoms with Crippen LogP contribution in [0.15, 0.2) is 22.6 Å². The van der Waals surface area contributed by atoms with Crippen LogP contribution in [0.2, 0.25) is 0 Å². The molecule has 0 fully saturated rings. The molecule has 0 bridgehead atoms. The third-order valence-corrected chi connectivity index (χ3v) is 2.62. The molecule has 1 heterocycles. The first-order valence-electron chi connectivity index (χ1n) is 5.29. The minimum Gasteiger partial charge on any atom is -0.507 e. The van der Waals surface area contributed by atoms with E-state index in [2.05, 4.69) is 0 Å². The Morgan fingerprint density at radius 3 is 2.47 bits per heavy atom. The molecule has 0 aliphatic heterocycles. The van der Waals surface area contributed by atoms with Gasteiger partial charge in [-0.05, 0) is 32.9 Å². The van der Waals surface area contributed by atoms with Crippen molar-refractivity contribution in [2.24, 2.45) is 0 Å². The summed E-state index contributed by atoms with van der Waals surface area (Å²) in [6.45, 7) is 4.60. The number of carbonyl (C=O) groups is 1. The number of fused-ring (bicyclic) bond motifs is 1. The van der Waals surface area contributed by atoms with Crippen LogP contribution in [-0.4, -0.2) is 16.0 Å². The van der Waals surface area contributed by atoms with Crippen molar-refractivity contribution in [2.75, 3.05) is 0 Å². The lowest BCUT2D eigenvalue weighted by Gasteiger charge is -2.12. The molecule has 1 aromatic heterocycles. The molecule has 4 nitrogen and oxygen atoms in total. The maximum Gasteiger partial charge on any atom is 0.163 e. The fourth-order valence-corrected chi connectivity index (χ4v) is 1.66. The van der Waals surface area contributed by atoms with Gasteiger partial charge in [-0.3, -0.25) is 4.79 Å². The van der Waals surface area contributed by atoms with Crippen molar-refractivity contribution in [1.82, 2.24) is 0 Å². The number of aromatic hydroxyl groups is 1. The number of hydrogen-bond donors (Lipinski definition) is 2. The minimum absolute atomic E-state index is 0.110. The van der Waals surface area contributed by atoms with Crippen LogP contribution in [0.25, 0.3) is 11.0 Å². The van der Waals surface area contributed by atoms with Crippen LogP contribution >= 0.6 is 0 Å². The Kier molecular flexibility index (Phi) is 2.47. The number of furan rings is 1. The molecule has 0 aliphatic rings. The molecule has 0 atom stereocenters. The molecular formula is C13H14O4. The molecule has 2 rings (SSSR count). The standard InChI is InChI=1S/C13H14O4/c1-7(14)9-4-8-5-12(13(2,3)16)17-11(8)6-10(9)15/h4-6,15-16H,1-3H3. The topological polar surface area (TPSA) is 70.7 Å². The monoisotopic (exact) mass is 234 g/mol. The highest BCUT2D eigenvalue weighted by molar-refractivity contribution is 6.00. The van der Waals surface area contributed by atoms with Crippen LogP contribution in [0, 0.1) is 0 Å². The first kappa shape index (κ1) is 11.7. The van der Waals surface area contributed by atoms with Gasteiger partial charge < -0.3 is 14.6 Å². The zero-order valence-electron chi connectivity index (χ0n) is 9.94. The summed E-state index contributed by atoms with van der Waals surface area (Å²) in [5.41, 5.74) is -0.393. The third-order valence-electron chi connectivity index (χ3n) is 2.62. The number of phenolic OH excluding ortho intramolecular Hbond substituents is 1. The Hall–Kier alpha value is -1.81. The lowest BCUT2D eigenvalue weighted by Crippen LogP contribution is -2.13. The number of hydrogen-bond acceptors (Lipinski definition) is 4. The zero-order valence-corrected chi connectivity index (χ0v) is 9.94. The number of carbonyl (C=O) groups excluding carboxylic acids is 1. The molecule has 4 heteroatoms. The van der Waals surface area contributed by atoms with Crippen LogP contribution in [0.4, 0.5) is 0 Å². The Balaban J connectivity index is 2.67. The van der Waals surface area contributed by atoms with Crippen LogP contribution in [-0.2, 0) is 5.60 Å². The van der Waals surface area contributed by atoms with Crippen molar-refractivity contribution < 1.29 is 19.4 Å². The van der Waals surface area contributed by atoms with E-state index in [1.54, 1.807) is 26.0 Å². The maximum atomic E-state index is 11.3. The highest BCUT2D eigenvalue weighted by Gasteiger charge is 2.22. The van der Waals surface area contributed by atoms with E-state index in [-0.39, 0.29) is 17.1 Å². The van der Waals surface area contributed by atoms with E-state index in [1.807, 2.05) is 0 Å². The van der Waals surface area contributed by atoms with Crippen LogP contribution in [0.5, 0.6) is 5.75 Å². The van der Waals surface area contributed by atoms with Crippen molar-refractivity contribution in [1.29, 1.82) is 0 Å². The summed E-state index contributed by atoms with van der Waals surface area (Å²) in [6.07, 6.45) is 0. The first-order valence-corrected chi connectivity index (χ1v) is 5.29. The largest absolute Gasteiger partial charge is 0.507 e. The second-order valence-electron chi connectivity index (χ2n) is 4.63. The molecule has 90 valence electrons. The van der Waals surface area contributed by atoms with E-state index < -0.39 is 5.60 Å². The average molecular weight is 234 g/mol. The highest BCUT2D eigenvalue weighted by Crippen LogP contribution is 2.31. The van der Waals surface area contributed by atoms with Gasteiger partial charge in [0.05, 0.1) is 5.56 Å². The zero-order chi connectivity index (χ0) is 12.8. The van der Waals surface area contributed by atoms with Gasteiger partial charge in [0.15, 0.2) is 5.78 Å². The number of phenols is 1. The summed E-state index contributed by atoms with van der Waals surface area (Å²) in [5, 5.41) is 20.1. The predicted octanol–water partition coefficient (Wildman–Crippen LogP) is 2.57. The Labute approximate surface area is 98.5 Å². The number of rotatable bonds is 2. The second kappa shape index (κ2) is 3.60. The summed E-state index contributed by atoms with van der Waals surface area (Å²) in [5.74, 6) is 0.0738. The van der Waals surface area contributed by atoms with Gasteiger partial charge in [-0.1, -0.05) is 0 Å². The predicted molar refractivity (Wildman–Crippen MR) is 63.1 cm³/mol. The quantitative estimate of drug-likeness (QED) is 0.783. The van der Waals surface area contributed by atoms with Gasteiger partial charge in [0.1, 0.15) is 22.7 Å². The van der Waals surface area contributed by atoms with Crippen LogP contribution in [0.1, 0.15) is 36.9 Å². The van der Waals surface area contributed by atoms with E-state index in [1.165, 1.54) is 13.0 Å². The van der Waals surface area contributed by atoms with E-state index >= 15 is 0 Å². The molecule has 1 aromatic carbocycles. The van der Waals surface area contributed by atoms with Gasteiger partial charge in [-0.2, -0.15) is 0 Å². The van der Waals surface area contributed by atoms with Gasteiger partial charge in [-0.25, -0.2) is 0 Å². The molecule has 0 aliphatic carbocycles. The minimum atomic E-state index is -1.09. The molecule has 0 amide bonds. The summed E-state index contributed by atoms with van der Waals surface area (Å²) in [4.78, 5) is 11.3. The van der Waals surface area contributed by atoms with Gasteiger partial charge in [0, 0.05) is 11.5 Å². The van der Waals surface area contributed by atoms with E-state index in [0.717, 1.165) is 0 Å². The lowest BCUT2D eigenvalue weighted by molar-refractivity contribution is 0.0559. The van der Waals surface area contributed by atoms with Crippen molar-refractivity contribution in [2.45, 2.75) is 26.4 Å². The number of benzene rings is 1. The van der Waals surface area contributed by atoms with Crippen molar-refractivity contribution in [3.05, 3.63) is 29.5 Å². The molecule has 0 saturated carbocycles. The van der Waals surface area contributed by atoms with Crippen LogP contribution in [0.3, 0.4) is 0 Å². The summed E-state index contributed by atoms with van der Waals surface area (Å²) >= 11 is 0. The van der Waals surface area contributed by atoms with E-state index in [4.69, 9.17) is 4.42 Å². The third kappa shape index (κ3) is 2.03. The summed E-state index contributed by atoms with van der Waals surface area (Å²) in [6, 6.07) is 4.62. The van der Waals surface area contributed by atoms with Crippen molar-refractivity contribution in [3.63, 3.8) is 0 Å². The van der Waals surface area contributed by atoms with Gasteiger partial charge >= 0.3 is 0 Å². The summed E-state index contributed by atoms with van der Waals surface area (Å²) < 4.78 is 5.43. The van der Waals surface area contributed by atoms with Gasteiger partial charge in [-0.15, -0.1) is 0 Å². The van der Waals surface area contributed by atoms with Crippen molar-refractivity contribution >= 4 is 16.8 Å². The molecule has 0 saturated heterocycles. The van der Waals surface area contributed by atoms with Gasteiger partial charge in [0.2, 0.25) is 0 Å². The smallest absolute Gasteiger partial charge is 0.163 e. The molecule has 0 unspecified atom stereocenters. The first-order chi connectivity index (χ1) is 7.79. The SMILES string of the molecule is CC(=O)c1cc2cc(C(C)(C)O)oc2cc1O. The maximum absolute atomic E-state index is 11.3. The average Bonchev–Trinajstić information content (AvgIpc) is 2.58. The highest BCUT2D eigenvalue weighted by atomic mass is 16.4. The molecule has 0 spiro atoms. The Bertz CT molecular complexity index is 587. The Morgan fingerprint density at radius 1 is 1.29 bits per heavy atom. The summed E-state index contributed by atoms with van der Waals surface area (Å²) in [7, 11) is 0. The molecule has 17 heavy (non-hydrogen) atoms. The number of Topliss-reactive ketones (excluding diaryl/α,β-unsaturated/α-hetero) is 1. The molecule has 2 aromatic rings. The van der Waals surface area contributed by atoms with E-state index in [9.17, 15) is 15.0 Å². The van der Waals surface area contributed by atoms with Crippen molar-refractivity contribution in [3.8, 4) is 5.75 Å². The molecule has 2 N–H and O–H groups in total. The Morgan fingerprint density at radius 2 is 1.94 bits per heavy atom. The normalized spacial score (nSPS) is 12.0. The fraction of sp³-hybridized carbons (Fsp3) is 0.308. The van der Waals surface area contributed by atoms with Crippen LogP contribution < -0.4 is 0 Å². The molecular weight excluding hydrogens is 220 g/mol. The lowest BCUT2D eigenvalue weighted by atomic mass is 10.1. The number of aliphatic hydroxyl groups is 1. The molecule has 0 radical (unpaired) electrons.